The molecular weight excluding hydrogens is 200 g/mol. The minimum atomic E-state index is 0.183. The number of ether oxygens (including phenoxy) is 1. The first-order valence-corrected chi connectivity index (χ1v) is 5.91. The predicted molar refractivity (Wildman–Crippen MR) is 63.7 cm³/mol. The molecule has 0 bridgehead atoms. The number of hydrogen-bond acceptors (Lipinski definition) is 2. The number of hydrogen-bond donors (Lipinski definition) is 0. The van der Waals surface area contributed by atoms with Gasteiger partial charge >= 0.3 is 0 Å². The molecule has 1 aliphatic carbocycles. The van der Waals surface area contributed by atoms with Crippen molar-refractivity contribution in [1.82, 2.24) is 0 Å². The van der Waals surface area contributed by atoms with Gasteiger partial charge in [0.1, 0.15) is 6.61 Å². The van der Waals surface area contributed by atoms with Crippen LogP contribution in [0.25, 0.3) is 0 Å². The summed E-state index contributed by atoms with van der Waals surface area (Å²) in [7, 11) is 1.56. The van der Waals surface area contributed by atoms with Crippen molar-refractivity contribution in [2.24, 2.45) is 0 Å². The molecule has 2 rings (SSSR count). The molecule has 2 nitrogen and oxygen atoms in total. The van der Waals surface area contributed by atoms with E-state index in [1.54, 1.807) is 7.11 Å². The second-order valence-electron chi connectivity index (χ2n) is 4.43. The van der Waals surface area contributed by atoms with Crippen LogP contribution < -0.4 is 0 Å². The highest BCUT2D eigenvalue weighted by Gasteiger charge is 2.11. The van der Waals surface area contributed by atoms with Gasteiger partial charge in [0.2, 0.25) is 0 Å². The smallest absolute Gasteiger partial charge is 0.158 e. The van der Waals surface area contributed by atoms with E-state index in [-0.39, 0.29) is 12.4 Å². The SMILES string of the molecule is COCC(=O)CCc1ccc2c(c1)CCC2. The van der Waals surface area contributed by atoms with Gasteiger partial charge in [-0.1, -0.05) is 18.2 Å². The predicted octanol–water partition coefficient (Wildman–Crippen LogP) is 2.32. The summed E-state index contributed by atoms with van der Waals surface area (Å²) in [6.45, 7) is 0.241. The zero-order chi connectivity index (χ0) is 11.4. The van der Waals surface area contributed by atoms with Crippen molar-refractivity contribution in [2.45, 2.75) is 32.1 Å². The van der Waals surface area contributed by atoms with Crippen LogP contribution in [0.4, 0.5) is 0 Å². The van der Waals surface area contributed by atoms with Gasteiger partial charge in [-0.25, -0.2) is 0 Å². The van der Waals surface area contributed by atoms with Gasteiger partial charge in [0.05, 0.1) is 0 Å². The Bertz CT molecular complexity index is 382. The van der Waals surface area contributed by atoms with E-state index in [1.165, 1.54) is 36.0 Å². The van der Waals surface area contributed by atoms with Crippen LogP contribution in [0.1, 0.15) is 29.5 Å². The average Bonchev–Trinajstić information content (AvgIpc) is 2.74. The highest BCUT2D eigenvalue weighted by Crippen LogP contribution is 2.23. The quantitative estimate of drug-likeness (QED) is 0.758. The largest absolute Gasteiger partial charge is 0.377 e. The van der Waals surface area contributed by atoms with E-state index >= 15 is 0 Å². The molecule has 0 saturated heterocycles. The van der Waals surface area contributed by atoms with Gasteiger partial charge in [-0.05, 0) is 42.4 Å². The third-order valence-corrected chi connectivity index (χ3v) is 3.16. The van der Waals surface area contributed by atoms with Gasteiger partial charge in [-0.3, -0.25) is 4.79 Å². The summed E-state index contributed by atoms with van der Waals surface area (Å²) in [4.78, 5) is 11.3. The Kier molecular flexibility index (Phi) is 3.73. The normalized spacial score (nSPS) is 13.8. The number of fused-ring (bicyclic) bond motifs is 1. The molecule has 0 unspecified atom stereocenters. The van der Waals surface area contributed by atoms with E-state index in [9.17, 15) is 4.79 Å². The molecule has 0 atom stereocenters. The van der Waals surface area contributed by atoms with Crippen LogP contribution in [0, 0.1) is 0 Å². The number of carbonyl (C=O) groups is 1. The topological polar surface area (TPSA) is 26.3 Å². The Morgan fingerprint density at radius 3 is 2.94 bits per heavy atom. The van der Waals surface area contributed by atoms with Gasteiger partial charge in [0, 0.05) is 13.5 Å². The molecule has 0 aromatic heterocycles. The number of benzene rings is 1. The van der Waals surface area contributed by atoms with Crippen LogP contribution in [-0.2, 0) is 28.8 Å². The van der Waals surface area contributed by atoms with Gasteiger partial charge in [-0.15, -0.1) is 0 Å². The molecule has 2 heteroatoms. The first kappa shape index (κ1) is 11.3. The Balaban J connectivity index is 1.93. The second-order valence-corrected chi connectivity index (χ2v) is 4.43. The summed E-state index contributed by atoms with van der Waals surface area (Å²) in [6.07, 6.45) is 5.14. The molecule has 0 fully saturated rings. The summed E-state index contributed by atoms with van der Waals surface area (Å²) in [5.74, 6) is 0.183. The maximum atomic E-state index is 11.3. The lowest BCUT2D eigenvalue weighted by Crippen LogP contribution is -2.07. The lowest BCUT2D eigenvalue weighted by molar-refractivity contribution is -0.122. The maximum absolute atomic E-state index is 11.3. The number of aryl methyl sites for hydroxylation is 3. The van der Waals surface area contributed by atoms with Crippen molar-refractivity contribution >= 4 is 5.78 Å². The Hall–Kier alpha value is -1.15. The molecule has 1 aliphatic rings. The summed E-state index contributed by atoms with van der Waals surface area (Å²) in [5, 5.41) is 0. The molecule has 0 N–H and O–H groups in total. The fourth-order valence-corrected chi connectivity index (χ4v) is 2.30. The molecule has 0 saturated carbocycles. The van der Waals surface area contributed by atoms with Gasteiger partial charge < -0.3 is 4.74 Å². The van der Waals surface area contributed by atoms with E-state index in [0.29, 0.717) is 6.42 Å². The molecule has 0 aliphatic heterocycles. The van der Waals surface area contributed by atoms with E-state index < -0.39 is 0 Å². The van der Waals surface area contributed by atoms with Gasteiger partial charge in [0.25, 0.3) is 0 Å². The van der Waals surface area contributed by atoms with E-state index in [2.05, 4.69) is 18.2 Å². The molecule has 1 aromatic rings. The number of Topliss-reactive ketones (excluding diaryl/α,β-unsaturated/α-hetero) is 1. The van der Waals surface area contributed by atoms with Crippen LogP contribution in [0.3, 0.4) is 0 Å². The molecule has 0 radical (unpaired) electrons. The first-order valence-electron chi connectivity index (χ1n) is 5.91. The highest BCUT2D eigenvalue weighted by atomic mass is 16.5. The fourth-order valence-electron chi connectivity index (χ4n) is 2.30. The molecule has 86 valence electrons. The van der Waals surface area contributed by atoms with Crippen LogP contribution >= 0.6 is 0 Å². The van der Waals surface area contributed by atoms with Crippen molar-refractivity contribution in [1.29, 1.82) is 0 Å². The first-order chi connectivity index (χ1) is 7.79. The lowest BCUT2D eigenvalue weighted by atomic mass is 10.0. The van der Waals surface area contributed by atoms with Crippen LogP contribution in [0.2, 0.25) is 0 Å². The Morgan fingerprint density at radius 1 is 1.31 bits per heavy atom. The summed E-state index contributed by atoms with van der Waals surface area (Å²) in [6, 6.07) is 6.64. The maximum Gasteiger partial charge on any atom is 0.158 e. The third-order valence-electron chi connectivity index (χ3n) is 3.16. The van der Waals surface area contributed by atoms with Crippen LogP contribution in [0.5, 0.6) is 0 Å². The van der Waals surface area contributed by atoms with Crippen molar-refractivity contribution < 1.29 is 9.53 Å². The van der Waals surface area contributed by atoms with E-state index in [4.69, 9.17) is 4.74 Å². The van der Waals surface area contributed by atoms with Crippen LogP contribution in [0.15, 0.2) is 18.2 Å². The summed E-state index contributed by atoms with van der Waals surface area (Å²) < 4.78 is 4.82. The number of rotatable bonds is 5. The minimum Gasteiger partial charge on any atom is -0.377 e. The minimum absolute atomic E-state index is 0.183. The number of carbonyl (C=O) groups excluding carboxylic acids is 1. The molecule has 0 spiro atoms. The van der Waals surface area contributed by atoms with Gasteiger partial charge in [-0.2, -0.15) is 0 Å². The Morgan fingerprint density at radius 2 is 2.12 bits per heavy atom. The van der Waals surface area contributed by atoms with Crippen LogP contribution in [-0.4, -0.2) is 19.5 Å². The second kappa shape index (κ2) is 5.26. The van der Waals surface area contributed by atoms with Crippen molar-refractivity contribution in [2.75, 3.05) is 13.7 Å². The zero-order valence-electron chi connectivity index (χ0n) is 9.79. The number of ketones is 1. The van der Waals surface area contributed by atoms with Crippen molar-refractivity contribution in [3.05, 3.63) is 34.9 Å². The fraction of sp³-hybridized carbons (Fsp3) is 0.500. The highest BCUT2D eigenvalue weighted by molar-refractivity contribution is 5.79. The van der Waals surface area contributed by atoms with E-state index in [0.717, 1.165) is 6.42 Å². The molecular formula is C14H18O2. The van der Waals surface area contributed by atoms with Gasteiger partial charge in [0.15, 0.2) is 5.78 Å². The monoisotopic (exact) mass is 218 g/mol. The Labute approximate surface area is 96.6 Å². The molecule has 1 aromatic carbocycles. The molecule has 0 heterocycles. The third kappa shape index (κ3) is 2.70. The molecule has 16 heavy (non-hydrogen) atoms. The lowest BCUT2D eigenvalue weighted by Gasteiger charge is -2.04. The number of methoxy groups -OCH3 is 1. The zero-order valence-corrected chi connectivity index (χ0v) is 9.79. The van der Waals surface area contributed by atoms with Crippen molar-refractivity contribution in [3.8, 4) is 0 Å². The standard InChI is InChI=1S/C14H18O2/c1-16-10-14(15)8-6-11-5-7-12-3-2-4-13(12)9-11/h5,7,9H,2-4,6,8,10H2,1H3. The molecule has 0 amide bonds. The summed E-state index contributed by atoms with van der Waals surface area (Å²) in [5.41, 5.74) is 4.26. The summed E-state index contributed by atoms with van der Waals surface area (Å²) >= 11 is 0. The van der Waals surface area contributed by atoms with E-state index in [1.807, 2.05) is 0 Å². The average molecular weight is 218 g/mol. The van der Waals surface area contributed by atoms with Crippen molar-refractivity contribution in [3.63, 3.8) is 0 Å².